The molecule has 0 radical (unpaired) electrons. The van der Waals surface area contributed by atoms with Crippen LogP contribution < -0.4 is 45.8 Å². The first kappa shape index (κ1) is 31.5. The van der Waals surface area contributed by atoms with Crippen LogP contribution in [0.2, 0.25) is 0 Å². The minimum Gasteiger partial charge on any atom is -0.495 e. The molecular weight excluding hydrogens is 614 g/mol. The summed E-state index contributed by atoms with van der Waals surface area (Å²) in [4.78, 5) is 37.9. The molecule has 236 valence electrons. The van der Waals surface area contributed by atoms with Gasteiger partial charge in [-0.05, 0) is 60.6 Å². The Balaban J connectivity index is 1.34. The van der Waals surface area contributed by atoms with Crippen molar-refractivity contribution in [3.63, 3.8) is 0 Å². The highest BCUT2D eigenvalue weighted by atomic mass is 32.1. The van der Waals surface area contributed by atoms with E-state index in [0.717, 1.165) is 5.56 Å². The van der Waals surface area contributed by atoms with Crippen LogP contribution in [0.4, 0.5) is 22.4 Å². The Kier molecular flexibility index (Phi) is 10.0. The zero-order chi connectivity index (χ0) is 32.5. The second-order valence-corrected chi connectivity index (χ2v) is 9.80. The van der Waals surface area contributed by atoms with E-state index in [1.165, 1.54) is 13.2 Å². The van der Waals surface area contributed by atoms with Gasteiger partial charge < -0.3 is 39.3 Å². The summed E-state index contributed by atoms with van der Waals surface area (Å²) in [5.41, 5.74) is 1.10. The normalized spacial score (nSPS) is 10.5. The second kappa shape index (κ2) is 14.7. The Morgan fingerprint density at radius 1 is 0.783 bits per heavy atom. The van der Waals surface area contributed by atoms with Crippen LogP contribution in [-0.2, 0) is 6.42 Å². The van der Waals surface area contributed by atoms with Crippen LogP contribution in [-0.4, -0.2) is 54.0 Å². The fraction of sp³-hybridized carbons (Fsp3) is 0.161. The summed E-state index contributed by atoms with van der Waals surface area (Å²) >= 11 is 5.46. The van der Waals surface area contributed by atoms with E-state index >= 15 is 0 Å². The number of hydrogen-bond donors (Lipinski definition) is 4. The van der Waals surface area contributed by atoms with Crippen molar-refractivity contribution < 1.29 is 28.2 Å². The number of aromatic nitrogens is 3. The first-order valence-corrected chi connectivity index (χ1v) is 14.2. The number of nitrogens with one attached hydrogen (secondary N) is 4. The molecular formula is C31H29N7O7S. The highest BCUT2D eigenvalue weighted by Gasteiger charge is 2.16. The number of ether oxygens (including phenoxy) is 4. The van der Waals surface area contributed by atoms with E-state index in [0.29, 0.717) is 46.9 Å². The van der Waals surface area contributed by atoms with E-state index in [-0.39, 0.29) is 28.8 Å². The quantitative estimate of drug-likeness (QED) is 0.112. The van der Waals surface area contributed by atoms with Crippen LogP contribution >= 0.6 is 12.2 Å². The van der Waals surface area contributed by atoms with Crippen molar-refractivity contribution >= 4 is 51.9 Å². The average molecular weight is 644 g/mol. The van der Waals surface area contributed by atoms with Crippen LogP contribution in [0, 0.1) is 0 Å². The number of nitrogens with zero attached hydrogens (tertiary/aromatic N) is 3. The van der Waals surface area contributed by atoms with E-state index in [9.17, 15) is 9.59 Å². The highest BCUT2D eigenvalue weighted by molar-refractivity contribution is 7.80. The van der Waals surface area contributed by atoms with Gasteiger partial charge in [0, 0.05) is 6.54 Å². The number of urea groups is 1. The Bertz CT molecular complexity index is 1940. The Morgan fingerprint density at radius 3 is 2.28 bits per heavy atom. The summed E-state index contributed by atoms with van der Waals surface area (Å²) in [5, 5.41) is 11.9. The zero-order valence-corrected chi connectivity index (χ0v) is 25.8. The molecule has 4 N–H and O–H groups in total. The number of methoxy groups -OCH3 is 3. The Hall–Kier alpha value is -5.96. The molecule has 15 heteroatoms. The van der Waals surface area contributed by atoms with Gasteiger partial charge in [0.1, 0.15) is 17.1 Å². The van der Waals surface area contributed by atoms with E-state index < -0.39 is 11.7 Å². The molecule has 3 aromatic carbocycles. The standard InChI is InChI=1S/C31H29N7O7S/c1-41-22-11-7-5-9-20(22)33-29(40)35-27-34-28(38-31(46)32-15-14-18-12-13-23(42-2)25(16-18)43-3)37-30(36-27)45-24-17-26(39)44-21-10-6-4-8-19(21)24/h4-13,16-17H,14-15H2,1-3H3,(H4,32,33,34,35,36,37,38,40,46). The van der Waals surface area contributed by atoms with Crippen molar-refractivity contribution in [3.8, 4) is 29.0 Å². The van der Waals surface area contributed by atoms with Gasteiger partial charge in [-0.25, -0.2) is 9.59 Å². The lowest BCUT2D eigenvalue weighted by Gasteiger charge is -2.13. The molecule has 0 saturated carbocycles. The van der Waals surface area contributed by atoms with Gasteiger partial charge in [-0.3, -0.25) is 5.32 Å². The fourth-order valence-electron chi connectivity index (χ4n) is 4.28. The number of thiocarbonyl (C=S) groups is 1. The molecule has 0 saturated heterocycles. The van der Waals surface area contributed by atoms with Crippen LogP contribution in [0.3, 0.4) is 0 Å². The summed E-state index contributed by atoms with van der Waals surface area (Å²) in [6.45, 7) is 0.466. The summed E-state index contributed by atoms with van der Waals surface area (Å²) in [6, 6.07) is 19.6. The van der Waals surface area contributed by atoms with Gasteiger partial charge in [0.2, 0.25) is 11.9 Å². The number of anilines is 3. The average Bonchev–Trinajstić information content (AvgIpc) is 3.04. The van der Waals surface area contributed by atoms with Gasteiger partial charge in [0.25, 0.3) is 0 Å². The molecule has 5 aromatic rings. The van der Waals surface area contributed by atoms with Gasteiger partial charge in [-0.2, -0.15) is 15.0 Å². The lowest BCUT2D eigenvalue weighted by Crippen LogP contribution is -2.31. The molecule has 0 atom stereocenters. The third-order valence-corrected chi connectivity index (χ3v) is 6.63. The van der Waals surface area contributed by atoms with Gasteiger partial charge in [0.05, 0.1) is 38.5 Å². The van der Waals surface area contributed by atoms with Gasteiger partial charge >= 0.3 is 17.7 Å². The number of fused-ring (bicyclic) bond motifs is 1. The van der Waals surface area contributed by atoms with E-state index in [1.54, 1.807) is 62.8 Å². The maximum atomic E-state index is 12.9. The molecule has 2 heterocycles. The molecule has 2 aromatic heterocycles. The van der Waals surface area contributed by atoms with Crippen molar-refractivity contribution in [1.29, 1.82) is 0 Å². The van der Waals surface area contributed by atoms with Crippen molar-refractivity contribution in [1.82, 2.24) is 20.3 Å². The predicted molar refractivity (Wildman–Crippen MR) is 175 cm³/mol. The summed E-state index contributed by atoms with van der Waals surface area (Å²) in [7, 11) is 4.64. The molecule has 2 amide bonds. The molecule has 0 aliphatic rings. The predicted octanol–water partition coefficient (Wildman–Crippen LogP) is 4.97. The lowest BCUT2D eigenvalue weighted by molar-refractivity contribution is 0.262. The SMILES string of the molecule is COc1ccccc1NC(=O)Nc1nc(NC(=S)NCCc2ccc(OC)c(OC)c2)nc(Oc2cc(=O)oc3ccccc23)n1. The summed E-state index contributed by atoms with van der Waals surface area (Å²) in [5.74, 6) is 1.66. The number of benzene rings is 3. The van der Waals surface area contributed by atoms with E-state index in [1.807, 2.05) is 18.2 Å². The van der Waals surface area contributed by atoms with Gasteiger partial charge in [-0.15, -0.1) is 0 Å². The first-order chi connectivity index (χ1) is 22.3. The van der Waals surface area contributed by atoms with Crippen LogP contribution in [0.25, 0.3) is 11.0 Å². The molecule has 0 bridgehead atoms. The second-order valence-electron chi connectivity index (χ2n) is 9.39. The molecule has 5 rings (SSSR count). The van der Waals surface area contributed by atoms with Crippen LogP contribution in [0.5, 0.6) is 29.0 Å². The zero-order valence-electron chi connectivity index (χ0n) is 25.0. The monoisotopic (exact) mass is 643 g/mol. The van der Waals surface area contributed by atoms with Crippen molar-refractivity contribution in [3.05, 3.63) is 88.8 Å². The molecule has 0 fully saturated rings. The smallest absolute Gasteiger partial charge is 0.339 e. The number of carbonyl (C=O) groups is 1. The molecule has 14 nitrogen and oxygen atoms in total. The van der Waals surface area contributed by atoms with Crippen molar-refractivity contribution in [2.45, 2.75) is 6.42 Å². The van der Waals surface area contributed by atoms with Crippen LogP contribution in [0.15, 0.2) is 82.0 Å². The van der Waals surface area contributed by atoms with E-state index in [4.69, 9.17) is 35.6 Å². The molecule has 0 aliphatic carbocycles. The number of hydrogen-bond acceptors (Lipinski definition) is 11. The third kappa shape index (κ3) is 7.95. The number of rotatable bonds is 11. The first-order valence-electron chi connectivity index (χ1n) is 13.8. The van der Waals surface area contributed by atoms with Crippen molar-refractivity contribution in [2.24, 2.45) is 0 Å². The van der Waals surface area contributed by atoms with Gasteiger partial charge in [-0.1, -0.05) is 30.3 Å². The number of para-hydroxylation sites is 3. The third-order valence-electron chi connectivity index (χ3n) is 6.38. The maximum Gasteiger partial charge on any atom is 0.339 e. The minimum atomic E-state index is -0.658. The number of carbonyl (C=O) groups excluding carboxylic acids is 1. The highest BCUT2D eigenvalue weighted by Crippen LogP contribution is 2.29. The molecule has 0 aliphatic heterocycles. The molecule has 46 heavy (non-hydrogen) atoms. The van der Waals surface area contributed by atoms with Crippen molar-refractivity contribution in [2.75, 3.05) is 43.8 Å². The van der Waals surface area contributed by atoms with Gasteiger partial charge in [0.15, 0.2) is 16.6 Å². The molecule has 0 unspecified atom stereocenters. The summed E-state index contributed by atoms with van der Waals surface area (Å²) < 4.78 is 27.1. The topological polar surface area (TPSA) is 171 Å². The Labute approximate surface area is 268 Å². The minimum absolute atomic E-state index is 0.0338. The fourth-order valence-corrected chi connectivity index (χ4v) is 4.48. The van der Waals surface area contributed by atoms with E-state index in [2.05, 4.69) is 36.2 Å². The summed E-state index contributed by atoms with van der Waals surface area (Å²) in [6.07, 6.45) is 0.618. The lowest BCUT2D eigenvalue weighted by atomic mass is 10.1. The maximum absolute atomic E-state index is 12.9. The molecule has 0 spiro atoms. The Morgan fingerprint density at radius 2 is 1.50 bits per heavy atom. The number of amides is 2. The van der Waals surface area contributed by atoms with Crippen LogP contribution in [0.1, 0.15) is 5.56 Å². The largest absolute Gasteiger partial charge is 0.495 e.